The van der Waals surface area contributed by atoms with Gasteiger partial charge in [0.15, 0.2) is 5.76 Å². The first-order valence-corrected chi connectivity index (χ1v) is 11.4. The van der Waals surface area contributed by atoms with Crippen molar-refractivity contribution in [3.63, 3.8) is 0 Å². The zero-order valence-electron chi connectivity index (χ0n) is 19.3. The zero-order valence-corrected chi connectivity index (χ0v) is 19.3. The lowest BCUT2D eigenvalue weighted by molar-refractivity contribution is -0.140. The largest absolute Gasteiger partial charge is 0.481 e. The predicted molar refractivity (Wildman–Crippen MR) is 131 cm³/mol. The number of nitrogens with one attached hydrogen (secondary N) is 2. The summed E-state index contributed by atoms with van der Waals surface area (Å²) in [5, 5.41) is 30.9. The normalized spacial score (nSPS) is 13.9. The average molecular weight is 480 g/mol. The van der Waals surface area contributed by atoms with Gasteiger partial charge in [-0.1, -0.05) is 59.8 Å². The standard InChI is InChI=1S/C26H21N7O3/c1-15-22(28-21-4-2-3-20(27-21)24-29-32-33-30-24)23(36-31-15)18-7-5-16(6-8-18)17-9-11-19(12-10-17)26(13-14-26)25(34)35/h2-12H,13-14H2,1H3,(H,27,28)(H,34,35)(H,29,30,32,33). The third kappa shape index (κ3) is 3.78. The molecule has 0 aliphatic heterocycles. The maximum Gasteiger partial charge on any atom is 0.314 e. The summed E-state index contributed by atoms with van der Waals surface area (Å²) >= 11 is 0. The molecule has 0 spiro atoms. The number of pyridine rings is 1. The number of carboxylic acid groups (broad SMARTS) is 1. The Hall–Kier alpha value is -4.86. The Morgan fingerprint density at radius 2 is 1.69 bits per heavy atom. The maximum absolute atomic E-state index is 11.6. The van der Waals surface area contributed by atoms with E-state index in [0.717, 1.165) is 22.3 Å². The lowest BCUT2D eigenvalue weighted by atomic mass is 9.93. The van der Waals surface area contributed by atoms with Crippen LogP contribution in [0.15, 0.2) is 71.3 Å². The first-order valence-electron chi connectivity index (χ1n) is 11.4. The fourth-order valence-corrected chi connectivity index (χ4v) is 4.29. The minimum absolute atomic E-state index is 0.403. The van der Waals surface area contributed by atoms with Gasteiger partial charge in [0, 0.05) is 5.56 Å². The number of aromatic nitrogens is 6. The van der Waals surface area contributed by atoms with E-state index in [4.69, 9.17) is 4.52 Å². The van der Waals surface area contributed by atoms with Crippen LogP contribution in [0.4, 0.5) is 11.5 Å². The summed E-state index contributed by atoms with van der Waals surface area (Å²) in [5.41, 5.74) is 5.05. The van der Waals surface area contributed by atoms with Crippen molar-refractivity contribution in [3.05, 3.63) is 78.0 Å². The molecule has 10 nitrogen and oxygen atoms in total. The van der Waals surface area contributed by atoms with E-state index in [-0.39, 0.29) is 0 Å². The van der Waals surface area contributed by atoms with Crippen molar-refractivity contribution in [2.24, 2.45) is 0 Å². The first-order chi connectivity index (χ1) is 17.5. The predicted octanol–water partition coefficient (Wildman–Crippen LogP) is 4.75. The number of nitrogens with zero attached hydrogens (tertiary/aromatic N) is 5. The van der Waals surface area contributed by atoms with Gasteiger partial charge in [-0.25, -0.2) is 4.98 Å². The first kappa shape index (κ1) is 21.7. The fourth-order valence-electron chi connectivity index (χ4n) is 4.29. The van der Waals surface area contributed by atoms with Crippen molar-refractivity contribution < 1.29 is 14.4 Å². The molecular formula is C26H21N7O3. The number of aromatic amines is 1. The molecule has 3 N–H and O–H groups in total. The van der Waals surface area contributed by atoms with Gasteiger partial charge in [0.05, 0.1) is 5.41 Å². The zero-order chi connectivity index (χ0) is 24.7. The second-order valence-electron chi connectivity index (χ2n) is 8.78. The van der Waals surface area contributed by atoms with E-state index in [1.54, 1.807) is 6.07 Å². The molecule has 0 bridgehead atoms. The second-order valence-corrected chi connectivity index (χ2v) is 8.78. The number of anilines is 2. The van der Waals surface area contributed by atoms with Crippen molar-refractivity contribution in [2.45, 2.75) is 25.2 Å². The molecule has 0 radical (unpaired) electrons. The van der Waals surface area contributed by atoms with Crippen LogP contribution in [0.2, 0.25) is 0 Å². The van der Waals surface area contributed by atoms with Crippen molar-refractivity contribution in [2.75, 3.05) is 5.32 Å². The Morgan fingerprint density at radius 1 is 1.00 bits per heavy atom. The van der Waals surface area contributed by atoms with Crippen LogP contribution in [0.3, 0.4) is 0 Å². The molecule has 0 saturated heterocycles. The van der Waals surface area contributed by atoms with Gasteiger partial charge in [0.1, 0.15) is 22.9 Å². The number of rotatable bonds is 7. The van der Waals surface area contributed by atoms with E-state index >= 15 is 0 Å². The Kier molecular flexibility index (Phi) is 5.06. The summed E-state index contributed by atoms with van der Waals surface area (Å²) in [6.45, 7) is 1.86. The summed E-state index contributed by atoms with van der Waals surface area (Å²) < 4.78 is 5.65. The Labute approximate surface area is 205 Å². The van der Waals surface area contributed by atoms with Gasteiger partial charge in [-0.2, -0.15) is 5.21 Å². The van der Waals surface area contributed by atoms with Gasteiger partial charge in [-0.15, -0.1) is 10.2 Å². The van der Waals surface area contributed by atoms with Crippen LogP contribution in [-0.2, 0) is 10.2 Å². The van der Waals surface area contributed by atoms with Crippen molar-refractivity contribution in [3.8, 4) is 34.0 Å². The molecular weight excluding hydrogens is 458 g/mol. The summed E-state index contributed by atoms with van der Waals surface area (Å²) in [5.74, 6) is 0.845. The van der Waals surface area contributed by atoms with Gasteiger partial charge < -0.3 is 14.9 Å². The molecule has 178 valence electrons. The number of carboxylic acids is 1. The van der Waals surface area contributed by atoms with Gasteiger partial charge in [0.2, 0.25) is 5.82 Å². The van der Waals surface area contributed by atoms with Crippen LogP contribution in [0.25, 0.3) is 34.0 Å². The van der Waals surface area contributed by atoms with Gasteiger partial charge >= 0.3 is 5.97 Å². The lowest BCUT2D eigenvalue weighted by Crippen LogP contribution is -2.19. The number of benzene rings is 2. The highest BCUT2D eigenvalue weighted by molar-refractivity contribution is 5.85. The SMILES string of the molecule is Cc1noc(-c2ccc(-c3ccc(C4(C(=O)O)CC4)cc3)cc2)c1Nc1cccc(-c2nn[nH]n2)n1. The minimum Gasteiger partial charge on any atom is -0.481 e. The number of hydrogen-bond acceptors (Lipinski definition) is 8. The topological polar surface area (TPSA) is 143 Å². The van der Waals surface area contributed by atoms with E-state index < -0.39 is 11.4 Å². The molecule has 0 amide bonds. The summed E-state index contributed by atoms with van der Waals surface area (Å²) in [6, 6.07) is 21.2. The number of hydrogen-bond donors (Lipinski definition) is 3. The quantitative estimate of drug-likeness (QED) is 0.301. The van der Waals surface area contributed by atoms with Gasteiger partial charge in [-0.3, -0.25) is 4.79 Å². The van der Waals surface area contributed by atoms with E-state index in [2.05, 4.69) is 36.1 Å². The van der Waals surface area contributed by atoms with Crippen LogP contribution >= 0.6 is 0 Å². The summed E-state index contributed by atoms with van der Waals surface area (Å²) in [7, 11) is 0. The van der Waals surface area contributed by atoms with E-state index in [1.807, 2.05) is 67.6 Å². The fraction of sp³-hybridized carbons (Fsp3) is 0.154. The monoisotopic (exact) mass is 479 g/mol. The maximum atomic E-state index is 11.6. The van der Waals surface area contributed by atoms with Crippen LogP contribution in [0.5, 0.6) is 0 Å². The molecule has 1 aliphatic rings. The molecule has 0 unspecified atom stereocenters. The van der Waals surface area contributed by atoms with Crippen molar-refractivity contribution >= 4 is 17.5 Å². The van der Waals surface area contributed by atoms with Crippen LogP contribution < -0.4 is 5.32 Å². The molecule has 3 aromatic heterocycles. The molecule has 2 aromatic carbocycles. The number of aliphatic carboxylic acids is 1. The lowest BCUT2D eigenvalue weighted by Gasteiger charge is -2.11. The number of aryl methyl sites for hydroxylation is 1. The second kappa shape index (κ2) is 8.42. The van der Waals surface area contributed by atoms with Crippen LogP contribution in [0, 0.1) is 6.92 Å². The third-order valence-electron chi connectivity index (χ3n) is 6.52. The number of H-pyrrole nitrogens is 1. The van der Waals surface area contributed by atoms with E-state index in [0.29, 0.717) is 47.3 Å². The smallest absolute Gasteiger partial charge is 0.314 e. The van der Waals surface area contributed by atoms with Gasteiger partial charge in [0.25, 0.3) is 0 Å². The minimum atomic E-state index is -0.747. The highest BCUT2D eigenvalue weighted by Crippen LogP contribution is 2.48. The molecule has 6 rings (SSSR count). The Morgan fingerprint density at radius 3 is 2.33 bits per heavy atom. The highest BCUT2D eigenvalue weighted by Gasteiger charge is 2.51. The van der Waals surface area contributed by atoms with Crippen molar-refractivity contribution in [1.29, 1.82) is 0 Å². The molecule has 1 fully saturated rings. The molecule has 5 aromatic rings. The molecule has 36 heavy (non-hydrogen) atoms. The Bertz CT molecular complexity index is 1540. The summed E-state index contributed by atoms with van der Waals surface area (Å²) in [4.78, 5) is 16.2. The molecule has 1 aliphatic carbocycles. The highest BCUT2D eigenvalue weighted by atomic mass is 16.5. The van der Waals surface area contributed by atoms with Crippen LogP contribution in [-0.4, -0.2) is 41.8 Å². The molecule has 3 heterocycles. The number of carbonyl (C=O) groups is 1. The average Bonchev–Trinajstić information content (AvgIpc) is 3.39. The number of tetrazole rings is 1. The van der Waals surface area contributed by atoms with Crippen LogP contribution in [0.1, 0.15) is 24.1 Å². The molecule has 0 atom stereocenters. The molecule has 1 saturated carbocycles. The third-order valence-corrected chi connectivity index (χ3v) is 6.52. The summed E-state index contributed by atoms with van der Waals surface area (Å²) in [6.07, 6.45) is 1.39. The van der Waals surface area contributed by atoms with Crippen molar-refractivity contribution in [1.82, 2.24) is 30.8 Å². The van der Waals surface area contributed by atoms with Gasteiger partial charge in [-0.05, 0) is 53.8 Å². The van der Waals surface area contributed by atoms with E-state index in [9.17, 15) is 9.90 Å². The Balaban J connectivity index is 1.24. The molecule has 10 heteroatoms. The van der Waals surface area contributed by atoms with E-state index in [1.165, 1.54) is 0 Å².